The van der Waals surface area contributed by atoms with Crippen LogP contribution in [0.3, 0.4) is 0 Å². The number of imidazole rings is 1. The lowest BCUT2D eigenvalue weighted by molar-refractivity contribution is -0.143. The van der Waals surface area contributed by atoms with E-state index in [1.54, 1.807) is 0 Å². The van der Waals surface area contributed by atoms with Crippen LogP contribution < -0.4 is 15.8 Å². The third-order valence-corrected chi connectivity index (χ3v) is 8.32. The molecule has 1 heterocycles. The molecule has 0 aliphatic heterocycles. The molecule has 1 aromatic heterocycles. The zero-order valence-corrected chi connectivity index (χ0v) is 30.8. The van der Waals surface area contributed by atoms with Crippen molar-refractivity contribution in [3.8, 4) is 28.4 Å². The number of benzene rings is 3. The van der Waals surface area contributed by atoms with Crippen molar-refractivity contribution < 1.29 is 58.9 Å². The monoisotopic (exact) mass is 796 g/mol. The SMILES string of the molecule is CO/C(C)=C(F)/C=C(\C)c1c(-c2ccc(OC)c(F)c2)nc(-c2cc(C(F)(F)F)cc(C(F)(F)F)c2)n1Cc1ccc(C(=O)NCCOCCOCCN)cc1. The fourth-order valence-corrected chi connectivity index (χ4v) is 5.47. The van der Waals surface area contributed by atoms with Crippen LogP contribution in [0.4, 0.5) is 35.1 Å². The van der Waals surface area contributed by atoms with Crippen LogP contribution in [0.15, 0.2) is 78.3 Å². The Morgan fingerprint density at radius 3 is 2.04 bits per heavy atom. The second-order valence-electron chi connectivity index (χ2n) is 12.3. The summed E-state index contributed by atoms with van der Waals surface area (Å²) in [5.74, 6) is -2.78. The highest BCUT2D eigenvalue weighted by Crippen LogP contribution is 2.41. The second-order valence-corrected chi connectivity index (χ2v) is 12.3. The Kier molecular flexibility index (Phi) is 14.8. The topological polar surface area (TPSA) is 110 Å². The van der Waals surface area contributed by atoms with Gasteiger partial charge in [0, 0.05) is 36.3 Å². The molecule has 0 saturated heterocycles. The van der Waals surface area contributed by atoms with Crippen LogP contribution in [0.1, 0.15) is 46.6 Å². The number of ether oxygens (including phenoxy) is 4. The predicted molar refractivity (Wildman–Crippen MR) is 193 cm³/mol. The van der Waals surface area contributed by atoms with E-state index in [9.17, 15) is 31.1 Å². The summed E-state index contributed by atoms with van der Waals surface area (Å²) >= 11 is 0. The number of nitrogens with one attached hydrogen (secondary N) is 1. The smallest absolute Gasteiger partial charge is 0.416 e. The minimum absolute atomic E-state index is 0.00986. The molecule has 0 aliphatic carbocycles. The number of halogens is 8. The highest BCUT2D eigenvalue weighted by atomic mass is 19.4. The standard InChI is InChI=1S/C39H40F8N4O5/c1-23(17-31(40)24(2)53-3)35-34(27-9-10-33(54-4)32(41)20-27)50-36(28-18-29(38(42,43)44)21-30(19-28)39(45,46)47)51(35)22-25-5-7-26(8-6-25)37(52)49-12-14-56-16-15-55-13-11-48/h5-10,17-21H,11-16,22,48H2,1-4H3,(H,49,52)/b23-17+,31-24-. The molecule has 0 unspecified atom stereocenters. The summed E-state index contributed by atoms with van der Waals surface area (Å²) in [5, 5.41) is 2.71. The quantitative estimate of drug-likeness (QED) is 0.0478. The maximum absolute atomic E-state index is 15.3. The van der Waals surface area contributed by atoms with Crippen molar-refractivity contribution in [1.82, 2.24) is 14.9 Å². The predicted octanol–water partition coefficient (Wildman–Crippen LogP) is 8.42. The molecule has 0 fully saturated rings. The lowest BCUT2D eigenvalue weighted by Gasteiger charge is -2.17. The molecule has 0 bridgehead atoms. The summed E-state index contributed by atoms with van der Waals surface area (Å²) in [4.78, 5) is 17.3. The molecule has 3 aromatic carbocycles. The van der Waals surface area contributed by atoms with Gasteiger partial charge in [-0.15, -0.1) is 0 Å². The van der Waals surface area contributed by atoms with Crippen molar-refractivity contribution in [3.63, 3.8) is 0 Å². The van der Waals surface area contributed by atoms with Gasteiger partial charge >= 0.3 is 12.4 Å². The summed E-state index contributed by atoms with van der Waals surface area (Å²) in [6.45, 7) is 4.35. The van der Waals surface area contributed by atoms with E-state index in [0.29, 0.717) is 44.1 Å². The lowest BCUT2D eigenvalue weighted by atomic mass is 10.0. The molecule has 4 aromatic rings. The summed E-state index contributed by atoms with van der Waals surface area (Å²) in [6, 6.07) is 10.7. The molecule has 56 heavy (non-hydrogen) atoms. The zero-order valence-electron chi connectivity index (χ0n) is 30.8. The molecule has 0 spiro atoms. The summed E-state index contributed by atoms with van der Waals surface area (Å²) < 4.78 is 137. The number of allylic oxidation sites excluding steroid dienone is 4. The molecule has 9 nitrogen and oxygen atoms in total. The molecule has 0 aliphatic rings. The van der Waals surface area contributed by atoms with E-state index in [1.807, 2.05) is 0 Å². The zero-order chi connectivity index (χ0) is 41.2. The van der Waals surface area contributed by atoms with Gasteiger partial charge in [-0.1, -0.05) is 12.1 Å². The van der Waals surface area contributed by atoms with Gasteiger partial charge in [0.05, 0.1) is 63.2 Å². The number of carbonyl (C=O) groups is 1. The first-order valence-electron chi connectivity index (χ1n) is 17.0. The normalized spacial score (nSPS) is 12.8. The third-order valence-electron chi connectivity index (χ3n) is 8.32. The van der Waals surface area contributed by atoms with Crippen LogP contribution in [0, 0.1) is 5.82 Å². The molecular weight excluding hydrogens is 756 g/mol. The van der Waals surface area contributed by atoms with E-state index in [-0.39, 0.29) is 71.2 Å². The Hall–Kier alpha value is -5.26. The van der Waals surface area contributed by atoms with Gasteiger partial charge in [0.1, 0.15) is 11.6 Å². The minimum Gasteiger partial charge on any atom is -0.498 e. The van der Waals surface area contributed by atoms with Gasteiger partial charge in [0.25, 0.3) is 5.91 Å². The molecule has 0 radical (unpaired) electrons. The van der Waals surface area contributed by atoms with E-state index in [0.717, 1.165) is 12.1 Å². The van der Waals surface area contributed by atoms with Crippen LogP contribution in [0.5, 0.6) is 5.75 Å². The molecule has 4 rings (SSSR count). The van der Waals surface area contributed by atoms with Gasteiger partial charge in [-0.3, -0.25) is 4.79 Å². The maximum atomic E-state index is 15.3. The average Bonchev–Trinajstić information content (AvgIpc) is 3.53. The Morgan fingerprint density at radius 1 is 0.857 bits per heavy atom. The molecule has 1 amide bonds. The summed E-state index contributed by atoms with van der Waals surface area (Å²) in [7, 11) is 2.46. The highest BCUT2D eigenvalue weighted by Gasteiger charge is 2.38. The Morgan fingerprint density at radius 2 is 1.48 bits per heavy atom. The number of methoxy groups -OCH3 is 2. The summed E-state index contributed by atoms with van der Waals surface area (Å²) in [5.41, 5.74) is 2.38. The third kappa shape index (κ3) is 11.2. The molecule has 0 saturated carbocycles. The van der Waals surface area contributed by atoms with E-state index in [4.69, 9.17) is 24.7 Å². The van der Waals surface area contributed by atoms with Crippen molar-refractivity contribution in [1.29, 1.82) is 0 Å². The van der Waals surface area contributed by atoms with Crippen LogP contribution >= 0.6 is 0 Å². The Balaban J connectivity index is 1.87. The fraction of sp³-hybridized carbons (Fsp3) is 0.333. The second kappa shape index (κ2) is 19.1. The first-order valence-corrected chi connectivity index (χ1v) is 17.0. The number of alkyl halides is 6. The first-order chi connectivity index (χ1) is 26.5. The summed E-state index contributed by atoms with van der Waals surface area (Å²) in [6.07, 6.45) is -9.31. The van der Waals surface area contributed by atoms with Crippen molar-refractivity contribution in [2.75, 3.05) is 53.7 Å². The molecule has 17 heteroatoms. The lowest BCUT2D eigenvalue weighted by Crippen LogP contribution is -2.27. The minimum atomic E-state index is -5.18. The van der Waals surface area contributed by atoms with E-state index in [2.05, 4.69) is 10.3 Å². The van der Waals surface area contributed by atoms with Crippen LogP contribution in [0.2, 0.25) is 0 Å². The van der Waals surface area contributed by atoms with Gasteiger partial charge in [-0.05, 0) is 79.6 Å². The van der Waals surface area contributed by atoms with Gasteiger partial charge in [0.15, 0.2) is 17.4 Å². The highest BCUT2D eigenvalue weighted by molar-refractivity contribution is 5.94. The van der Waals surface area contributed by atoms with Crippen molar-refractivity contribution >= 4 is 11.5 Å². The Bertz CT molecular complexity index is 2010. The first kappa shape index (κ1) is 43.5. The number of hydrogen-bond donors (Lipinski definition) is 2. The number of rotatable bonds is 17. The largest absolute Gasteiger partial charge is 0.498 e. The van der Waals surface area contributed by atoms with Crippen molar-refractivity contribution in [3.05, 3.63) is 112 Å². The molecular formula is C39H40F8N4O5. The van der Waals surface area contributed by atoms with E-state index < -0.39 is 46.6 Å². The van der Waals surface area contributed by atoms with Crippen LogP contribution in [-0.2, 0) is 33.1 Å². The van der Waals surface area contributed by atoms with Crippen molar-refractivity contribution in [2.24, 2.45) is 5.73 Å². The van der Waals surface area contributed by atoms with Crippen LogP contribution in [0.25, 0.3) is 28.2 Å². The van der Waals surface area contributed by atoms with Crippen LogP contribution in [-0.4, -0.2) is 69.2 Å². The number of aromatic nitrogens is 2. The number of carbonyl (C=O) groups excluding carboxylic acids is 1. The molecule has 302 valence electrons. The number of hydrogen-bond acceptors (Lipinski definition) is 7. The maximum Gasteiger partial charge on any atom is 0.416 e. The Labute approximate surface area is 317 Å². The van der Waals surface area contributed by atoms with Gasteiger partial charge in [-0.2, -0.15) is 26.3 Å². The number of nitrogens with two attached hydrogens (primary N) is 1. The molecule has 0 atom stereocenters. The van der Waals surface area contributed by atoms with Gasteiger partial charge in [-0.25, -0.2) is 13.8 Å². The number of nitrogens with zero attached hydrogens (tertiary/aromatic N) is 2. The van der Waals surface area contributed by atoms with Crippen molar-refractivity contribution in [2.45, 2.75) is 32.7 Å². The molecule has 3 N–H and O–H groups in total. The average molecular weight is 797 g/mol. The number of amides is 1. The van der Waals surface area contributed by atoms with E-state index >= 15 is 8.78 Å². The van der Waals surface area contributed by atoms with Gasteiger partial charge < -0.3 is 34.6 Å². The van der Waals surface area contributed by atoms with E-state index in [1.165, 1.54) is 69.0 Å². The fourth-order valence-electron chi connectivity index (χ4n) is 5.47. The van der Waals surface area contributed by atoms with Gasteiger partial charge in [0.2, 0.25) is 0 Å².